The molecule has 9 heavy (non-hydrogen) atoms. The van der Waals surface area contributed by atoms with E-state index < -0.39 is 0 Å². The molecule has 0 aromatic carbocycles. The van der Waals surface area contributed by atoms with Gasteiger partial charge in [0.25, 0.3) is 0 Å². The molecule has 0 aromatic heterocycles. The Morgan fingerprint density at radius 1 is 1.78 bits per heavy atom. The van der Waals surface area contributed by atoms with Crippen LogP contribution >= 0.6 is 0 Å². The molecule has 0 spiro atoms. The van der Waals surface area contributed by atoms with Crippen molar-refractivity contribution in [3.05, 3.63) is 23.8 Å². The summed E-state index contributed by atoms with van der Waals surface area (Å²) in [4.78, 5) is 0. The van der Waals surface area contributed by atoms with Gasteiger partial charge in [-0.3, -0.25) is 0 Å². The van der Waals surface area contributed by atoms with E-state index in [0.717, 1.165) is 11.8 Å². The van der Waals surface area contributed by atoms with E-state index in [1.165, 1.54) is 12.8 Å². The first-order valence-corrected chi connectivity index (χ1v) is 3.64. The van der Waals surface area contributed by atoms with Crippen molar-refractivity contribution in [2.75, 3.05) is 0 Å². The van der Waals surface area contributed by atoms with E-state index in [1.807, 2.05) is 0 Å². The molecule has 0 saturated heterocycles. The van der Waals surface area contributed by atoms with Crippen molar-refractivity contribution in [2.24, 2.45) is 11.8 Å². The van der Waals surface area contributed by atoms with Crippen LogP contribution in [0.4, 0.5) is 0 Å². The molecule has 2 aliphatic rings. The van der Waals surface area contributed by atoms with Crippen LogP contribution in [0.25, 0.3) is 0 Å². The van der Waals surface area contributed by atoms with Crippen LogP contribution in [0.5, 0.6) is 0 Å². The van der Waals surface area contributed by atoms with Gasteiger partial charge in [-0.05, 0) is 37.7 Å². The van der Waals surface area contributed by atoms with Crippen LogP contribution in [0.2, 0.25) is 0 Å². The zero-order valence-corrected chi connectivity index (χ0v) is 5.72. The smallest absolute Gasteiger partial charge is 0.00112 e. The number of hydrogen-bond donors (Lipinski definition) is 0. The first kappa shape index (κ1) is 5.28. The largest absolute Gasteiger partial charge is 0.0878 e. The van der Waals surface area contributed by atoms with Crippen molar-refractivity contribution in [3.63, 3.8) is 0 Å². The lowest BCUT2D eigenvalue weighted by molar-refractivity contribution is 0.680. The van der Waals surface area contributed by atoms with E-state index in [-0.39, 0.29) is 0 Å². The van der Waals surface area contributed by atoms with Crippen molar-refractivity contribution in [2.45, 2.75) is 19.8 Å². The topological polar surface area (TPSA) is 0 Å². The minimum Gasteiger partial charge on any atom is -0.0878 e. The van der Waals surface area contributed by atoms with Crippen molar-refractivity contribution >= 4 is 0 Å². The van der Waals surface area contributed by atoms with Crippen LogP contribution in [-0.2, 0) is 0 Å². The molecule has 2 aliphatic carbocycles. The summed E-state index contributed by atoms with van der Waals surface area (Å²) in [6.45, 7) is 2.14. The minimum absolute atomic E-state index is 0.778. The highest BCUT2D eigenvalue weighted by molar-refractivity contribution is 5.23. The van der Waals surface area contributed by atoms with E-state index in [1.54, 1.807) is 5.57 Å². The molecule has 0 heterocycles. The molecule has 2 unspecified atom stereocenters. The summed E-state index contributed by atoms with van der Waals surface area (Å²) in [5.74, 6) is 1.56. The van der Waals surface area contributed by atoms with Crippen LogP contribution in [0.15, 0.2) is 17.7 Å². The van der Waals surface area contributed by atoms with Gasteiger partial charge in [-0.1, -0.05) is 17.7 Å². The van der Waals surface area contributed by atoms with E-state index in [0.29, 0.717) is 0 Å². The molecular formula is C9H11. The Kier molecular flexibility index (Phi) is 1.01. The molecule has 0 nitrogen and oxygen atoms in total. The first-order valence-electron chi connectivity index (χ1n) is 3.64. The number of rotatable bonds is 0. The highest BCUT2D eigenvalue weighted by Crippen LogP contribution is 2.41. The van der Waals surface area contributed by atoms with Crippen LogP contribution in [0, 0.1) is 17.9 Å². The molecule has 1 saturated carbocycles. The molecule has 0 aliphatic heterocycles. The lowest BCUT2D eigenvalue weighted by Crippen LogP contribution is -1.90. The molecule has 2 bridgehead atoms. The van der Waals surface area contributed by atoms with Gasteiger partial charge in [0.2, 0.25) is 0 Å². The van der Waals surface area contributed by atoms with Gasteiger partial charge in [-0.25, -0.2) is 0 Å². The van der Waals surface area contributed by atoms with Crippen LogP contribution in [0.3, 0.4) is 0 Å². The zero-order chi connectivity index (χ0) is 6.27. The maximum atomic E-state index is 3.35. The van der Waals surface area contributed by atoms with E-state index >= 15 is 0 Å². The minimum atomic E-state index is 0.778. The van der Waals surface area contributed by atoms with Gasteiger partial charge >= 0.3 is 0 Å². The highest BCUT2D eigenvalue weighted by atomic mass is 14.3. The quantitative estimate of drug-likeness (QED) is 0.429. The fourth-order valence-corrected chi connectivity index (χ4v) is 1.86. The molecule has 0 heteroatoms. The SMILES string of the molecule is CC=C1CC2[C]=CC1C2. The van der Waals surface area contributed by atoms with Gasteiger partial charge < -0.3 is 0 Å². The standard InChI is InChI=1S/C9H11/c1-2-8-5-7-3-4-9(8)6-7/h2,4,7,9H,5-6H2,1H3. The van der Waals surface area contributed by atoms with Gasteiger partial charge in [0.15, 0.2) is 0 Å². The second-order valence-corrected chi connectivity index (χ2v) is 2.94. The maximum absolute atomic E-state index is 3.35. The molecular weight excluding hydrogens is 108 g/mol. The monoisotopic (exact) mass is 119 g/mol. The molecule has 0 N–H and O–H groups in total. The predicted molar refractivity (Wildman–Crippen MR) is 37.8 cm³/mol. The van der Waals surface area contributed by atoms with Gasteiger partial charge in [0, 0.05) is 0 Å². The van der Waals surface area contributed by atoms with Gasteiger partial charge in [-0.15, -0.1) is 0 Å². The van der Waals surface area contributed by atoms with Crippen molar-refractivity contribution in [1.82, 2.24) is 0 Å². The maximum Gasteiger partial charge on any atom is -0.00112 e. The average molecular weight is 119 g/mol. The molecule has 1 fully saturated rings. The summed E-state index contributed by atoms with van der Waals surface area (Å²) in [6, 6.07) is 0. The van der Waals surface area contributed by atoms with Gasteiger partial charge in [-0.2, -0.15) is 0 Å². The second kappa shape index (κ2) is 1.73. The molecule has 0 aromatic rings. The lowest BCUT2D eigenvalue weighted by Gasteiger charge is -2.04. The Labute approximate surface area is 56.3 Å². The normalized spacial score (nSPS) is 43.0. The fourth-order valence-electron chi connectivity index (χ4n) is 1.86. The summed E-state index contributed by atoms with van der Waals surface area (Å²) >= 11 is 0. The second-order valence-electron chi connectivity index (χ2n) is 2.94. The molecule has 2 atom stereocenters. The lowest BCUT2D eigenvalue weighted by atomic mass is 10.0. The molecule has 1 radical (unpaired) electrons. The number of fused-ring (bicyclic) bond motifs is 2. The highest BCUT2D eigenvalue weighted by Gasteiger charge is 2.30. The Hall–Kier alpha value is -0.520. The molecule has 47 valence electrons. The summed E-state index contributed by atoms with van der Waals surface area (Å²) in [7, 11) is 0. The summed E-state index contributed by atoms with van der Waals surface area (Å²) in [5, 5.41) is 0. The molecule has 2 rings (SSSR count). The van der Waals surface area contributed by atoms with Crippen LogP contribution in [0.1, 0.15) is 19.8 Å². The first-order chi connectivity index (χ1) is 4.40. The van der Waals surface area contributed by atoms with Crippen molar-refractivity contribution in [3.8, 4) is 0 Å². The number of allylic oxidation sites excluding steroid dienone is 4. The van der Waals surface area contributed by atoms with Crippen LogP contribution < -0.4 is 0 Å². The predicted octanol–water partition coefficient (Wildman–Crippen LogP) is 2.33. The Morgan fingerprint density at radius 2 is 2.67 bits per heavy atom. The number of hydrogen-bond acceptors (Lipinski definition) is 0. The van der Waals surface area contributed by atoms with Gasteiger partial charge in [0.05, 0.1) is 0 Å². The molecule has 0 amide bonds. The van der Waals surface area contributed by atoms with Crippen molar-refractivity contribution in [1.29, 1.82) is 0 Å². The Bertz CT molecular complexity index is 174. The summed E-state index contributed by atoms with van der Waals surface area (Å²) in [5.41, 5.74) is 1.64. The average Bonchev–Trinajstić information content (AvgIpc) is 2.45. The van der Waals surface area contributed by atoms with E-state index in [4.69, 9.17) is 0 Å². The summed E-state index contributed by atoms with van der Waals surface area (Å²) in [6.07, 6.45) is 10.5. The Balaban J connectivity index is 2.29. The fraction of sp³-hybridized carbons (Fsp3) is 0.556. The third-order valence-corrected chi connectivity index (χ3v) is 2.40. The van der Waals surface area contributed by atoms with E-state index in [2.05, 4.69) is 25.2 Å². The Morgan fingerprint density at radius 3 is 3.00 bits per heavy atom. The third kappa shape index (κ3) is 0.658. The summed E-state index contributed by atoms with van der Waals surface area (Å²) < 4.78 is 0. The van der Waals surface area contributed by atoms with Crippen LogP contribution in [-0.4, -0.2) is 0 Å². The van der Waals surface area contributed by atoms with Gasteiger partial charge in [0.1, 0.15) is 0 Å². The zero-order valence-electron chi connectivity index (χ0n) is 5.72. The van der Waals surface area contributed by atoms with E-state index in [9.17, 15) is 0 Å². The van der Waals surface area contributed by atoms with Crippen molar-refractivity contribution < 1.29 is 0 Å². The third-order valence-electron chi connectivity index (χ3n) is 2.40.